The number of aliphatic carboxylic acids is 1. The van der Waals surface area contributed by atoms with Gasteiger partial charge in [-0.1, -0.05) is 0 Å². The van der Waals surface area contributed by atoms with Crippen molar-refractivity contribution in [1.29, 1.82) is 5.26 Å². The number of hydrazine groups is 1. The molecule has 0 saturated heterocycles. The first kappa shape index (κ1) is 20.7. The van der Waals surface area contributed by atoms with Gasteiger partial charge in [-0.25, -0.2) is 0 Å². The van der Waals surface area contributed by atoms with Crippen LogP contribution in [0, 0.1) is 11.5 Å². The van der Waals surface area contributed by atoms with Crippen molar-refractivity contribution in [1.82, 2.24) is 16.0 Å². The van der Waals surface area contributed by atoms with Gasteiger partial charge in [-0.05, 0) is 30.7 Å². The first-order chi connectivity index (χ1) is 12.5. The molecule has 0 fully saturated rings. The van der Waals surface area contributed by atoms with E-state index in [0.29, 0.717) is 17.8 Å². The number of carbonyl (C=O) groups is 2. The molecular weight excluding hydrogens is 340 g/mol. The largest absolute Gasteiger partial charge is 0.480 e. The summed E-state index contributed by atoms with van der Waals surface area (Å²) in [5.74, 6) is 4.07. The molecule has 1 unspecified atom stereocenters. The molecule has 0 aliphatic heterocycles. The van der Waals surface area contributed by atoms with Crippen molar-refractivity contribution >= 4 is 23.5 Å². The Morgan fingerprint density at radius 1 is 1.23 bits per heavy atom. The summed E-state index contributed by atoms with van der Waals surface area (Å²) in [6.07, 6.45) is 1.86. The Bertz CT molecular complexity index is 668. The summed E-state index contributed by atoms with van der Waals surface area (Å²) in [6.45, 7) is 0.738. The Labute approximate surface area is 150 Å². The van der Waals surface area contributed by atoms with Gasteiger partial charge in [0.2, 0.25) is 5.96 Å². The van der Waals surface area contributed by atoms with E-state index in [0.717, 1.165) is 0 Å². The number of amides is 1. The Kier molecular flexibility index (Phi) is 8.94. The van der Waals surface area contributed by atoms with Crippen LogP contribution in [0.1, 0.15) is 16.8 Å². The van der Waals surface area contributed by atoms with Crippen LogP contribution in [-0.2, 0) is 4.79 Å². The van der Waals surface area contributed by atoms with E-state index in [4.69, 9.17) is 21.9 Å². The zero-order valence-electron chi connectivity index (χ0n) is 14.0. The lowest BCUT2D eigenvalue weighted by Crippen LogP contribution is -2.40. The quantitative estimate of drug-likeness (QED) is 0.0522. The van der Waals surface area contributed by atoms with E-state index in [1.165, 1.54) is 0 Å². The summed E-state index contributed by atoms with van der Waals surface area (Å²) in [6, 6.07) is 5.61. The number of rotatable bonds is 9. The Morgan fingerprint density at radius 2 is 1.88 bits per heavy atom. The maximum atomic E-state index is 12.0. The van der Waals surface area contributed by atoms with Gasteiger partial charge in [-0.15, -0.1) is 0 Å². The topological polar surface area (TPSA) is 191 Å². The van der Waals surface area contributed by atoms with Gasteiger partial charge < -0.3 is 26.9 Å². The average Bonchev–Trinajstić information content (AvgIpc) is 2.64. The van der Waals surface area contributed by atoms with E-state index in [2.05, 4.69) is 26.4 Å². The van der Waals surface area contributed by atoms with Crippen molar-refractivity contribution < 1.29 is 14.7 Å². The zero-order valence-corrected chi connectivity index (χ0v) is 14.0. The molecule has 9 N–H and O–H groups in total. The second kappa shape index (κ2) is 11.2. The fourth-order valence-corrected chi connectivity index (χ4v) is 1.81. The highest BCUT2D eigenvalue weighted by Crippen LogP contribution is 2.07. The number of carboxylic acids is 1. The van der Waals surface area contributed by atoms with Crippen LogP contribution in [0.2, 0.25) is 0 Å². The first-order valence-corrected chi connectivity index (χ1v) is 7.74. The Hall–Kier alpha value is -3.36. The van der Waals surface area contributed by atoms with Gasteiger partial charge in [0.05, 0.1) is 0 Å². The number of anilines is 1. The van der Waals surface area contributed by atoms with Crippen LogP contribution in [0.3, 0.4) is 0 Å². The lowest BCUT2D eigenvalue weighted by molar-refractivity contribution is -0.138. The van der Waals surface area contributed by atoms with Gasteiger partial charge in [0.25, 0.3) is 5.91 Å². The molecule has 0 saturated carbocycles. The lowest BCUT2D eigenvalue weighted by Gasteiger charge is -2.10. The smallest absolute Gasteiger partial charge is 0.320 e. The monoisotopic (exact) mass is 362 g/mol. The fraction of sp³-hybridized carbons (Fsp3) is 0.333. The molecule has 11 heteroatoms. The van der Waals surface area contributed by atoms with Gasteiger partial charge in [-0.2, -0.15) is 5.26 Å². The molecule has 1 aromatic rings. The van der Waals surface area contributed by atoms with Crippen molar-refractivity contribution in [2.24, 2.45) is 16.6 Å². The maximum Gasteiger partial charge on any atom is 0.320 e. The number of carbonyl (C=O) groups excluding carboxylic acids is 1. The third kappa shape index (κ3) is 7.47. The standard InChI is InChI=1S/C15H22N8O3/c16-9-22-15(20-6-5-12(17)14(25)26)21-8-7-19-13(24)10-1-3-11(23-18)4-2-10/h1-4,12,23H,5-8,17-18H2,(H,19,24)(H,25,26)(H2,20,21,22). The number of hydrogen-bond acceptors (Lipinski definition) is 7. The minimum atomic E-state index is -1.11. The highest BCUT2D eigenvalue weighted by atomic mass is 16.4. The highest BCUT2D eigenvalue weighted by molar-refractivity contribution is 5.94. The predicted molar refractivity (Wildman–Crippen MR) is 95.9 cm³/mol. The molecule has 11 nitrogen and oxygen atoms in total. The molecule has 1 amide bonds. The molecule has 26 heavy (non-hydrogen) atoms. The molecule has 1 rings (SSSR count). The molecule has 140 valence electrons. The summed E-state index contributed by atoms with van der Waals surface area (Å²) < 4.78 is 0. The van der Waals surface area contributed by atoms with E-state index in [-0.39, 0.29) is 31.4 Å². The molecule has 0 aliphatic carbocycles. The lowest BCUT2D eigenvalue weighted by atomic mass is 10.2. The summed E-state index contributed by atoms with van der Waals surface area (Å²) in [5.41, 5.74) is 9.01. The van der Waals surface area contributed by atoms with Gasteiger partial charge >= 0.3 is 5.97 Å². The van der Waals surface area contributed by atoms with Gasteiger partial charge in [0.15, 0.2) is 6.19 Å². The van der Waals surface area contributed by atoms with E-state index >= 15 is 0 Å². The molecule has 0 heterocycles. The van der Waals surface area contributed by atoms with Crippen LogP contribution in [-0.4, -0.2) is 48.6 Å². The number of guanidine groups is 1. The van der Waals surface area contributed by atoms with Crippen LogP contribution in [0.5, 0.6) is 0 Å². The van der Waals surface area contributed by atoms with Crippen molar-refractivity contribution in [3.05, 3.63) is 29.8 Å². The number of nitrogens with one attached hydrogen (secondary N) is 4. The zero-order chi connectivity index (χ0) is 19.4. The minimum Gasteiger partial charge on any atom is -0.480 e. The number of nitriles is 1. The molecule has 0 spiro atoms. The molecule has 1 atom stereocenters. The predicted octanol–water partition coefficient (Wildman–Crippen LogP) is -1.48. The van der Waals surface area contributed by atoms with Crippen molar-refractivity contribution in [3.8, 4) is 6.19 Å². The number of nitrogens with zero attached hydrogens (tertiary/aromatic N) is 2. The SMILES string of the molecule is N#CNC(=NCCC(N)C(=O)O)NCCNC(=O)c1ccc(NN)cc1. The maximum absolute atomic E-state index is 12.0. The molecule has 0 bridgehead atoms. The van der Waals surface area contributed by atoms with E-state index < -0.39 is 12.0 Å². The summed E-state index contributed by atoms with van der Waals surface area (Å²) in [7, 11) is 0. The van der Waals surface area contributed by atoms with E-state index in [1.54, 1.807) is 30.5 Å². The van der Waals surface area contributed by atoms with Crippen LogP contribution in [0.4, 0.5) is 5.69 Å². The first-order valence-electron chi connectivity index (χ1n) is 7.74. The molecule has 0 aromatic heterocycles. The second-order valence-electron chi connectivity index (χ2n) is 5.10. The van der Waals surface area contributed by atoms with Gasteiger partial charge in [-0.3, -0.25) is 25.7 Å². The van der Waals surface area contributed by atoms with Crippen molar-refractivity contribution in [3.63, 3.8) is 0 Å². The second-order valence-corrected chi connectivity index (χ2v) is 5.10. The highest BCUT2D eigenvalue weighted by Gasteiger charge is 2.10. The van der Waals surface area contributed by atoms with Crippen LogP contribution >= 0.6 is 0 Å². The number of nitrogen functional groups attached to an aromatic ring is 1. The van der Waals surface area contributed by atoms with Crippen molar-refractivity contribution in [2.75, 3.05) is 25.1 Å². The molecule has 0 aliphatic rings. The number of aliphatic imine (C=N–C) groups is 1. The third-order valence-electron chi connectivity index (χ3n) is 3.22. The average molecular weight is 362 g/mol. The summed E-state index contributed by atoms with van der Waals surface area (Å²) in [4.78, 5) is 26.6. The van der Waals surface area contributed by atoms with E-state index in [1.807, 2.05) is 0 Å². The fourth-order valence-electron chi connectivity index (χ4n) is 1.81. The van der Waals surface area contributed by atoms with Crippen molar-refractivity contribution in [2.45, 2.75) is 12.5 Å². The number of hydrogen-bond donors (Lipinski definition) is 7. The Balaban J connectivity index is 2.38. The number of nitrogens with two attached hydrogens (primary N) is 2. The van der Waals surface area contributed by atoms with Crippen LogP contribution in [0.25, 0.3) is 0 Å². The molecule has 0 radical (unpaired) electrons. The summed E-state index contributed by atoms with van der Waals surface area (Å²) >= 11 is 0. The van der Waals surface area contributed by atoms with Crippen LogP contribution < -0.4 is 33.0 Å². The normalized spacial score (nSPS) is 11.8. The van der Waals surface area contributed by atoms with Crippen LogP contribution in [0.15, 0.2) is 29.3 Å². The minimum absolute atomic E-state index is 0.137. The van der Waals surface area contributed by atoms with Gasteiger partial charge in [0.1, 0.15) is 6.04 Å². The Morgan fingerprint density at radius 3 is 2.46 bits per heavy atom. The van der Waals surface area contributed by atoms with Gasteiger partial charge in [0, 0.05) is 30.9 Å². The van der Waals surface area contributed by atoms with E-state index in [9.17, 15) is 9.59 Å². The molecule has 1 aromatic carbocycles. The third-order valence-corrected chi connectivity index (χ3v) is 3.22. The molecular formula is C15H22N8O3. The number of benzene rings is 1. The summed E-state index contributed by atoms with van der Waals surface area (Å²) in [5, 5.41) is 25.3. The number of carboxylic acid groups (broad SMARTS) is 1.